The predicted octanol–water partition coefficient (Wildman–Crippen LogP) is 5.43. The minimum Gasteiger partial charge on any atom is -0.444 e. The largest absolute Gasteiger partial charge is 0.444 e. The summed E-state index contributed by atoms with van der Waals surface area (Å²) >= 11 is 4.20. The van der Waals surface area contributed by atoms with Gasteiger partial charge < -0.3 is 21.1 Å². The van der Waals surface area contributed by atoms with Crippen LogP contribution in [0.4, 0.5) is 27.5 Å². The first kappa shape index (κ1) is 26.2. The fourth-order valence-electron chi connectivity index (χ4n) is 2.44. The van der Waals surface area contributed by atoms with Crippen LogP contribution in [0.2, 0.25) is 0 Å². The third kappa shape index (κ3) is 7.22. The van der Waals surface area contributed by atoms with Crippen molar-refractivity contribution in [2.75, 3.05) is 21.7 Å². The molecule has 8 nitrogen and oxygen atoms in total. The third-order valence-corrected chi connectivity index (χ3v) is 5.61. The van der Waals surface area contributed by atoms with E-state index in [-0.39, 0.29) is 0 Å². The number of anilines is 4. The van der Waals surface area contributed by atoms with E-state index in [4.69, 9.17) is 10.5 Å². The highest BCUT2D eigenvalue weighted by molar-refractivity contribution is 14.1. The average molecular weight is 664 g/mol. The Morgan fingerprint density at radius 2 is 1.28 bits per heavy atom. The highest BCUT2D eigenvalue weighted by Crippen LogP contribution is 2.29. The summed E-state index contributed by atoms with van der Waals surface area (Å²) in [6.07, 6.45) is -0.652. The zero-order valence-electron chi connectivity index (χ0n) is 18.4. The number of ether oxygens (including phenoxy) is 1. The molecule has 0 saturated carbocycles. The van der Waals surface area contributed by atoms with Gasteiger partial charge in [0.25, 0.3) is 0 Å². The maximum Gasteiger partial charge on any atom is 0.412 e. The standard InChI is InChI=1S/C22H26I2N4O4/c1-21(2,3)32-20(31)28-15-9-7-13(24)11-17(15)27-19(30)22(4,5)18(29)26-16-10-12(23)6-8-14(16)25/h6-11H,25H2,1-5H3,(H,26,29)(H,27,30)(H,28,31). The molecule has 0 spiro atoms. The Morgan fingerprint density at radius 1 is 0.781 bits per heavy atom. The van der Waals surface area contributed by atoms with E-state index >= 15 is 0 Å². The molecule has 0 aliphatic carbocycles. The molecule has 0 radical (unpaired) electrons. The molecule has 3 amide bonds. The number of halogens is 2. The Bertz CT molecular complexity index is 1050. The van der Waals surface area contributed by atoms with Crippen LogP contribution in [-0.4, -0.2) is 23.5 Å². The van der Waals surface area contributed by atoms with Gasteiger partial charge in [0.1, 0.15) is 11.0 Å². The first-order valence-electron chi connectivity index (χ1n) is 9.66. The molecule has 0 unspecified atom stereocenters. The van der Waals surface area contributed by atoms with E-state index in [9.17, 15) is 14.4 Å². The number of hydrogen-bond acceptors (Lipinski definition) is 5. The van der Waals surface area contributed by atoms with Crippen molar-refractivity contribution in [1.29, 1.82) is 0 Å². The molecule has 0 atom stereocenters. The molecule has 2 rings (SSSR count). The molecule has 0 bridgehead atoms. The van der Waals surface area contributed by atoms with Crippen LogP contribution in [0.3, 0.4) is 0 Å². The van der Waals surface area contributed by atoms with Gasteiger partial charge in [-0.2, -0.15) is 0 Å². The van der Waals surface area contributed by atoms with Gasteiger partial charge in [0.2, 0.25) is 11.8 Å². The Balaban J connectivity index is 2.21. The molecule has 172 valence electrons. The van der Waals surface area contributed by atoms with Crippen LogP contribution in [0.15, 0.2) is 36.4 Å². The molecule has 0 aromatic heterocycles. The van der Waals surface area contributed by atoms with Gasteiger partial charge in [-0.1, -0.05) is 0 Å². The molecule has 0 saturated heterocycles. The smallest absolute Gasteiger partial charge is 0.412 e. The van der Waals surface area contributed by atoms with Crippen LogP contribution in [0.5, 0.6) is 0 Å². The van der Waals surface area contributed by atoms with E-state index in [2.05, 4.69) is 61.1 Å². The van der Waals surface area contributed by atoms with Crippen molar-refractivity contribution < 1.29 is 19.1 Å². The quantitative estimate of drug-likeness (QED) is 0.193. The number of benzene rings is 2. The van der Waals surface area contributed by atoms with Crippen molar-refractivity contribution in [3.63, 3.8) is 0 Å². The van der Waals surface area contributed by atoms with Crippen molar-refractivity contribution in [3.05, 3.63) is 43.5 Å². The highest BCUT2D eigenvalue weighted by atomic mass is 127. The lowest BCUT2D eigenvalue weighted by molar-refractivity contribution is -0.135. The van der Waals surface area contributed by atoms with Crippen molar-refractivity contribution in [2.24, 2.45) is 5.41 Å². The van der Waals surface area contributed by atoms with E-state index < -0.39 is 28.9 Å². The number of nitrogen functional groups attached to an aromatic ring is 1. The molecule has 32 heavy (non-hydrogen) atoms. The Labute approximate surface area is 214 Å². The normalized spacial score (nSPS) is 11.5. The van der Waals surface area contributed by atoms with E-state index in [0.717, 1.165) is 7.14 Å². The summed E-state index contributed by atoms with van der Waals surface area (Å²) < 4.78 is 7.01. The van der Waals surface area contributed by atoms with E-state index in [0.29, 0.717) is 22.7 Å². The van der Waals surface area contributed by atoms with Gasteiger partial charge in [0.15, 0.2) is 0 Å². The number of amides is 3. The van der Waals surface area contributed by atoms with Crippen LogP contribution >= 0.6 is 45.2 Å². The summed E-state index contributed by atoms with van der Waals surface area (Å²) in [6.45, 7) is 8.29. The maximum absolute atomic E-state index is 13.0. The second-order valence-corrected chi connectivity index (χ2v) is 11.1. The molecule has 0 aliphatic rings. The van der Waals surface area contributed by atoms with Gasteiger partial charge in [-0.15, -0.1) is 0 Å². The summed E-state index contributed by atoms with van der Waals surface area (Å²) in [6, 6.07) is 10.4. The summed E-state index contributed by atoms with van der Waals surface area (Å²) in [5.41, 5.74) is 5.37. The zero-order chi connectivity index (χ0) is 24.3. The van der Waals surface area contributed by atoms with Gasteiger partial charge in [-0.25, -0.2) is 4.79 Å². The summed E-state index contributed by atoms with van der Waals surface area (Å²) in [4.78, 5) is 38.1. The summed E-state index contributed by atoms with van der Waals surface area (Å²) in [5.74, 6) is -1.07. The number of carbonyl (C=O) groups excluding carboxylic acids is 3. The number of nitrogens with one attached hydrogen (secondary N) is 3. The van der Waals surface area contributed by atoms with Gasteiger partial charge in [0.05, 0.1) is 22.7 Å². The van der Waals surface area contributed by atoms with Crippen LogP contribution in [0, 0.1) is 12.6 Å². The topological polar surface area (TPSA) is 123 Å². The Kier molecular flexibility index (Phi) is 8.37. The van der Waals surface area contributed by atoms with Gasteiger partial charge in [-0.3, -0.25) is 14.9 Å². The van der Waals surface area contributed by atoms with E-state index in [1.807, 2.05) is 6.07 Å². The first-order chi connectivity index (χ1) is 14.7. The van der Waals surface area contributed by atoms with E-state index in [1.165, 1.54) is 13.8 Å². The molecule has 0 fully saturated rings. The highest BCUT2D eigenvalue weighted by Gasteiger charge is 2.37. The van der Waals surface area contributed by atoms with Gasteiger partial charge in [-0.05, 0) is 116 Å². The average Bonchev–Trinajstić information content (AvgIpc) is 2.65. The molecule has 0 aliphatic heterocycles. The molecule has 2 aromatic carbocycles. The predicted molar refractivity (Wildman–Crippen MR) is 144 cm³/mol. The SMILES string of the molecule is CC(C)(C)OC(=O)Nc1ccc(I)cc1NC(=O)C(C)(C)C(=O)Nc1cc(I)ccc1N. The Hall–Kier alpha value is -2.09. The zero-order valence-corrected chi connectivity index (χ0v) is 22.7. The van der Waals surface area contributed by atoms with Crippen LogP contribution < -0.4 is 21.7 Å². The molecule has 2 aromatic rings. The lowest BCUT2D eigenvalue weighted by Crippen LogP contribution is -2.42. The minimum atomic E-state index is -1.43. The fourth-order valence-corrected chi connectivity index (χ4v) is 3.42. The number of nitrogens with two attached hydrogens (primary N) is 1. The summed E-state index contributed by atoms with van der Waals surface area (Å²) in [7, 11) is 0. The van der Waals surface area contributed by atoms with Crippen LogP contribution in [-0.2, 0) is 14.3 Å². The second-order valence-electron chi connectivity index (χ2n) is 8.58. The molecular weight excluding hydrogens is 638 g/mol. The van der Waals surface area contributed by atoms with Crippen LogP contribution in [0.1, 0.15) is 34.6 Å². The number of rotatable bonds is 5. The number of carbonyl (C=O) groups is 3. The molecule has 0 heterocycles. The van der Waals surface area contributed by atoms with Crippen molar-refractivity contribution in [3.8, 4) is 0 Å². The monoisotopic (exact) mass is 664 g/mol. The second kappa shape index (κ2) is 10.2. The maximum atomic E-state index is 13.0. The molecular formula is C22H26I2N4O4. The van der Waals surface area contributed by atoms with Crippen molar-refractivity contribution in [1.82, 2.24) is 0 Å². The molecule has 10 heteroatoms. The lowest BCUT2D eigenvalue weighted by Gasteiger charge is -2.24. The first-order valence-corrected chi connectivity index (χ1v) is 11.8. The van der Waals surface area contributed by atoms with Gasteiger partial charge >= 0.3 is 6.09 Å². The van der Waals surface area contributed by atoms with Crippen LogP contribution in [0.25, 0.3) is 0 Å². The third-order valence-electron chi connectivity index (χ3n) is 4.26. The van der Waals surface area contributed by atoms with Gasteiger partial charge in [0, 0.05) is 7.14 Å². The van der Waals surface area contributed by atoms with E-state index in [1.54, 1.807) is 51.1 Å². The Morgan fingerprint density at radius 3 is 1.84 bits per heavy atom. The van der Waals surface area contributed by atoms with Crippen molar-refractivity contribution in [2.45, 2.75) is 40.2 Å². The molecule has 5 N–H and O–H groups in total. The lowest BCUT2D eigenvalue weighted by atomic mass is 9.90. The summed E-state index contributed by atoms with van der Waals surface area (Å²) in [5, 5.41) is 8.10. The fraction of sp³-hybridized carbons (Fsp3) is 0.318. The number of hydrogen-bond donors (Lipinski definition) is 4. The minimum absolute atomic E-state index is 0.349. The van der Waals surface area contributed by atoms with Crippen molar-refractivity contribution >= 4 is 85.8 Å².